The van der Waals surface area contributed by atoms with E-state index in [-0.39, 0.29) is 0 Å². The van der Waals surface area contributed by atoms with Gasteiger partial charge < -0.3 is 9.47 Å². The van der Waals surface area contributed by atoms with Gasteiger partial charge in [-0.2, -0.15) is 0 Å². The fraction of sp³-hybridized carbons (Fsp3) is 0. The molecule has 0 fully saturated rings. The van der Waals surface area contributed by atoms with Crippen LogP contribution in [-0.4, -0.2) is 4.57 Å². The highest BCUT2D eigenvalue weighted by Crippen LogP contribution is 2.48. The van der Waals surface area contributed by atoms with Crippen LogP contribution in [-0.2, 0) is 0 Å². The van der Waals surface area contributed by atoms with Gasteiger partial charge in [-0.25, -0.2) is 0 Å². The van der Waals surface area contributed by atoms with Gasteiger partial charge in [-0.1, -0.05) is 170 Å². The van der Waals surface area contributed by atoms with Crippen LogP contribution >= 0.6 is 0 Å². The molecular weight excluding hydrogens is 653 g/mol. The van der Waals surface area contributed by atoms with Crippen molar-refractivity contribution in [2.24, 2.45) is 0 Å². The van der Waals surface area contributed by atoms with E-state index in [0.29, 0.717) is 0 Å². The van der Waals surface area contributed by atoms with E-state index in [1.165, 1.54) is 60.4 Å². The molecule has 0 aliphatic heterocycles. The van der Waals surface area contributed by atoms with Gasteiger partial charge in [0, 0.05) is 27.6 Å². The van der Waals surface area contributed by atoms with Crippen LogP contribution in [0.25, 0.3) is 71.6 Å². The minimum absolute atomic E-state index is 1.10. The van der Waals surface area contributed by atoms with Crippen LogP contribution in [0.4, 0.5) is 17.1 Å². The lowest BCUT2D eigenvalue weighted by molar-refractivity contribution is 1.18. The molecule has 0 saturated heterocycles. The minimum Gasteiger partial charge on any atom is -0.309 e. The monoisotopic (exact) mass is 688 g/mol. The third kappa shape index (κ3) is 5.44. The summed E-state index contributed by atoms with van der Waals surface area (Å²) in [6, 6.07) is 79.0. The molecule has 0 saturated carbocycles. The Bertz CT molecular complexity index is 2930. The summed E-state index contributed by atoms with van der Waals surface area (Å²) in [5, 5.41) is 4.89. The first-order chi connectivity index (χ1) is 26.8. The molecule has 0 unspecified atom stereocenters. The first-order valence-corrected chi connectivity index (χ1v) is 18.5. The molecule has 10 rings (SSSR count). The summed E-state index contributed by atoms with van der Waals surface area (Å²) in [5.41, 5.74) is 13.9. The lowest BCUT2D eigenvalue weighted by atomic mass is 9.95. The number of fused-ring (bicyclic) bond motifs is 4. The van der Waals surface area contributed by atoms with Gasteiger partial charge in [-0.05, 0) is 81.6 Å². The molecule has 0 amide bonds. The van der Waals surface area contributed by atoms with Crippen LogP contribution in [0.2, 0.25) is 0 Å². The van der Waals surface area contributed by atoms with Gasteiger partial charge in [0.25, 0.3) is 0 Å². The normalized spacial score (nSPS) is 11.3. The Morgan fingerprint density at radius 2 is 0.926 bits per heavy atom. The van der Waals surface area contributed by atoms with Crippen molar-refractivity contribution in [3.63, 3.8) is 0 Å². The molecule has 0 bridgehead atoms. The first kappa shape index (κ1) is 31.6. The molecule has 1 aromatic heterocycles. The van der Waals surface area contributed by atoms with E-state index >= 15 is 0 Å². The van der Waals surface area contributed by atoms with Gasteiger partial charge in [0.1, 0.15) is 0 Å². The molecule has 0 aliphatic rings. The molecule has 254 valence electrons. The minimum atomic E-state index is 1.10. The number of nitrogens with zero attached hydrogens (tertiary/aromatic N) is 2. The molecule has 0 radical (unpaired) electrons. The van der Waals surface area contributed by atoms with Gasteiger partial charge in [0.05, 0.1) is 28.1 Å². The highest BCUT2D eigenvalue weighted by molar-refractivity contribution is 6.17. The van der Waals surface area contributed by atoms with Crippen molar-refractivity contribution in [3.8, 4) is 39.1 Å². The van der Waals surface area contributed by atoms with E-state index in [1.807, 2.05) is 0 Å². The van der Waals surface area contributed by atoms with Crippen LogP contribution in [0.15, 0.2) is 218 Å². The summed E-state index contributed by atoms with van der Waals surface area (Å²) in [6.07, 6.45) is 0. The van der Waals surface area contributed by atoms with Crippen molar-refractivity contribution in [1.29, 1.82) is 0 Å². The van der Waals surface area contributed by atoms with Gasteiger partial charge in [0.2, 0.25) is 0 Å². The number of hydrogen-bond acceptors (Lipinski definition) is 1. The number of benzene rings is 9. The number of para-hydroxylation sites is 3. The Morgan fingerprint density at radius 3 is 1.72 bits per heavy atom. The third-order valence-corrected chi connectivity index (χ3v) is 10.6. The molecule has 9 aromatic carbocycles. The quantitative estimate of drug-likeness (QED) is 0.162. The van der Waals surface area contributed by atoms with E-state index in [4.69, 9.17) is 0 Å². The fourth-order valence-corrected chi connectivity index (χ4v) is 8.09. The number of rotatable bonds is 7. The van der Waals surface area contributed by atoms with Gasteiger partial charge in [0.15, 0.2) is 0 Å². The number of anilines is 3. The average Bonchev–Trinajstić information content (AvgIpc) is 3.59. The van der Waals surface area contributed by atoms with Crippen LogP contribution in [0.1, 0.15) is 0 Å². The molecule has 0 atom stereocenters. The van der Waals surface area contributed by atoms with Crippen molar-refractivity contribution < 1.29 is 0 Å². The topological polar surface area (TPSA) is 8.17 Å². The molecule has 2 heteroatoms. The van der Waals surface area contributed by atoms with Crippen molar-refractivity contribution in [3.05, 3.63) is 218 Å². The molecule has 0 N–H and O–H groups in total. The second kappa shape index (κ2) is 13.4. The average molecular weight is 689 g/mol. The van der Waals surface area contributed by atoms with Crippen LogP contribution in [0.3, 0.4) is 0 Å². The van der Waals surface area contributed by atoms with Crippen molar-refractivity contribution in [2.75, 3.05) is 4.90 Å². The summed E-state index contributed by atoms with van der Waals surface area (Å²) < 4.78 is 2.45. The van der Waals surface area contributed by atoms with Crippen molar-refractivity contribution in [1.82, 2.24) is 4.57 Å². The maximum Gasteiger partial charge on any atom is 0.0562 e. The smallest absolute Gasteiger partial charge is 0.0562 e. The van der Waals surface area contributed by atoms with E-state index in [2.05, 4.69) is 228 Å². The molecule has 0 spiro atoms. The zero-order valence-electron chi connectivity index (χ0n) is 29.7. The summed E-state index contributed by atoms with van der Waals surface area (Å²) in [5.74, 6) is 0. The fourth-order valence-electron chi connectivity index (χ4n) is 8.09. The van der Waals surface area contributed by atoms with Crippen LogP contribution < -0.4 is 4.90 Å². The predicted octanol–water partition coefficient (Wildman–Crippen LogP) is 14.4. The number of hydrogen-bond donors (Lipinski definition) is 0. The zero-order valence-corrected chi connectivity index (χ0v) is 29.7. The van der Waals surface area contributed by atoms with Gasteiger partial charge >= 0.3 is 0 Å². The Morgan fingerprint density at radius 1 is 0.333 bits per heavy atom. The van der Waals surface area contributed by atoms with Crippen molar-refractivity contribution >= 4 is 49.6 Å². The Balaban J connectivity index is 1.27. The van der Waals surface area contributed by atoms with E-state index < -0.39 is 0 Å². The molecule has 2 nitrogen and oxygen atoms in total. The summed E-state index contributed by atoms with van der Waals surface area (Å²) in [4.78, 5) is 2.47. The van der Waals surface area contributed by atoms with E-state index in [9.17, 15) is 0 Å². The summed E-state index contributed by atoms with van der Waals surface area (Å²) in [7, 11) is 0. The highest BCUT2D eigenvalue weighted by Gasteiger charge is 2.24. The molecule has 54 heavy (non-hydrogen) atoms. The maximum absolute atomic E-state index is 2.47. The Kier molecular flexibility index (Phi) is 7.85. The lowest BCUT2D eigenvalue weighted by Crippen LogP contribution is -2.12. The lowest BCUT2D eigenvalue weighted by Gasteiger charge is -2.29. The summed E-state index contributed by atoms with van der Waals surface area (Å²) in [6.45, 7) is 0. The maximum atomic E-state index is 2.47. The first-order valence-electron chi connectivity index (χ1n) is 18.5. The predicted molar refractivity (Wildman–Crippen MR) is 229 cm³/mol. The third-order valence-electron chi connectivity index (χ3n) is 10.6. The second-order valence-electron chi connectivity index (χ2n) is 13.7. The van der Waals surface area contributed by atoms with E-state index in [0.717, 1.165) is 28.3 Å². The Labute approximate surface area is 315 Å². The van der Waals surface area contributed by atoms with Crippen LogP contribution in [0.5, 0.6) is 0 Å². The van der Waals surface area contributed by atoms with E-state index in [1.54, 1.807) is 0 Å². The molecule has 1 heterocycles. The van der Waals surface area contributed by atoms with Gasteiger partial charge in [-0.15, -0.1) is 0 Å². The van der Waals surface area contributed by atoms with Gasteiger partial charge in [-0.3, -0.25) is 0 Å². The summed E-state index contributed by atoms with van der Waals surface area (Å²) >= 11 is 0. The number of aromatic nitrogens is 1. The zero-order chi connectivity index (χ0) is 35.8. The Hall–Kier alpha value is -7.16. The molecule has 0 aliphatic carbocycles. The molecular formula is C52H36N2. The largest absolute Gasteiger partial charge is 0.309 e. The highest BCUT2D eigenvalue weighted by atomic mass is 15.2. The molecule has 10 aromatic rings. The van der Waals surface area contributed by atoms with Crippen molar-refractivity contribution in [2.45, 2.75) is 0 Å². The standard InChI is InChI=1S/C52H36N2/c1-4-18-38(19-5-1)44-25-12-14-27-47(44)54-48-28-15-13-26-46(48)52-49(29-16-30-50(52)54)53(43-23-8-3-9-24-43)51-36-42(33-34-45(51)39-20-6-2-7-21-39)41-32-31-37-17-10-11-22-40(37)35-41/h1-36H. The SMILES string of the molecule is c1ccc(-c2ccc(-c3ccc4ccccc4c3)cc2N(c2ccccc2)c2cccc3c2c2ccccc2n3-c2ccccc2-c2ccccc2)cc1. The van der Waals surface area contributed by atoms with Crippen LogP contribution in [0, 0.1) is 0 Å². The second-order valence-corrected chi connectivity index (χ2v) is 13.7.